The van der Waals surface area contributed by atoms with Crippen LogP contribution in [0.15, 0.2) is 54.6 Å². The van der Waals surface area contributed by atoms with Crippen molar-refractivity contribution in [2.45, 2.75) is 0 Å². The molecule has 0 saturated carbocycles. The summed E-state index contributed by atoms with van der Waals surface area (Å²) in [6, 6.07) is 16.2. The highest BCUT2D eigenvalue weighted by Crippen LogP contribution is 2.37. The number of hydrogen-bond donors (Lipinski definition) is 2. The second-order valence-corrected chi connectivity index (χ2v) is 5.12. The summed E-state index contributed by atoms with van der Waals surface area (Å²) in [4.78, 5) is 12.6. The number of phenolic OH excluding ortho intramolecular Hbond substituents is 1. The maximum atomic E-state index is 12.6. The molecule has 1 aliphatic carbocycles. The lowest BCUT2D eigenvalue weighted by Gasteiger charge is -2.21. The largest absolute Gasteiger partial charge is 0.507 e. The van der Waals surface area contributed by atoms with Crippen molar-refractivity contribution < 1.29 is 9.90 Å². The number of ketones is 1. The zero-order chi connectivity index (χ0) is 14.6. The fourth-order valence-electron chi connectivity index (χ4n) is 2.94. The Balaban J connectivity index is 2.14. The molecule has 4 rings (SSSR count). The highest BCUT2D eigenvalue weighted by Gasteiger charge is 2.30. The van der Waals surface area contributed by atoms with Gasteiger partial charge in [-0.2, -0.15) is 0 Å². The predicted molar refractivity (Wildman–Crippen MR) is 81.4 cm³/mol. The van der Waals surface area contributed by atoms with Gasteiger partial charge in [0.1, 0.15) is 5.75 Å². The van der Waals surface area contributed by atoms with E-state index in [0.717, 1.165) is 5.39 Å². The zero-order valence-corrected chi connectivity index (χ0v) is 11.1. The lowest BCUT2D eigenvalue weighted by atomic mass is 9.82. The molecule has 0 heterocycles. The van der Waals surface area contributed by atoms with E-state index in [0.29, 0.717) is 27.6 Å². The number of hydrogen-bond acceptors (Lipinski definition) is 3. The molecule has 0 fully saturated rings. The van der Waals surface area contributed by atoms with Crippen LogP contribution in [0, 0.1) is 5.41 Å². The third-order valence-electron chi connectivity index (χ3n) is 3.96. The molecule has 0 amide bonds. The highest BCUT2D eigenvalue weighted by atomic mass is 16.3. The second kappa shape index (κ2) is 4.03. The fraction of sp³-hybridized carbons (Fsp3) is 0. The van der Waals surface area contributed by atoms with Crippen molar-refractivity contribution in [3.05, 3.63) is 76.9 Å². The van der Waals surface area contributed by atoms with Crippen molar-refractivity contribution in [3.8, 4) is 5.75 Å². The summed E-state index contributed by atoms with van der Waals surface area (Å²) in [6.07, 6.45) is 0. The van der Waals surface area contributed by atoms with E-state index in [2.05, 4.69) is 0 Å². The molecule has 0 aromatic heterocycles. The summed E-state index contributed by atoms with van der Waals surface area (Å²) in [7, 11) is 0. The number of fused-ring (bicyclic) bond motifs is 3. The third-order valence-corrected chi connectivity index (χ3v) is 3.96. The minimum Gasteiger partial charge on any atom is -0.507 e. The Bertz CT molecular complexity index is 941. The Hall–Kier alpha value is -2.94. The van der Waals surface area contributed by atoms with Gasteiger partial charge in [0.2, 0.25) is 0 Å². The first-order chi connectivity index (χ1) is 10.2. The molecule has 3 heteroatoms. The molecule has 3 aromatic carbocycles. The first-order valence-corrected chi connectivity index (χ1v) is 6.66. The SMILES string of the molecule is N=C1c2ccccc2C(=O)c2cc3ccccc3c(O)c21. The van der Waals surface area contributed by atoms with Crippen LogP contribution in [0.3, 0.4) is 0 Å². The van der Waals surface area contributed by atoms with E-state index in [4.69, 9.17) is 5.41 Å². The van der Waals surface area contributed by atoms with Crippen molar-refractivity contribution >= 4 is 22.3 Å². The molecule has 100 valence electrons. The summed E-state index contributed by atoms with van der Waals surface area (Å²) in [5.41, 5.74) is 2.01. The molecule has 0 saturated heterocycles. The van der Waals surface area contributed by atoms with Crippen LogP contribution < -0.4 is 0 Å². The summed E-state index contributed by atoms with van der Waals surface area (Å²) in [6.45, 7) is 0. The quantitative estimate of drug-likeness (QED) is 0.515. The number of carbonyl (C=O) groups is 1. The van der Waals surface area contributed by atoms with Gasteiger partial charge in [-0.3, -0.25) is 10.2 Å². The molecule has 0 aliphatic heterocycles. The van der Waals surface area contributed by atoms with E-state index in [1.54, 1.807) is 36.4 Å². The van der Waals surface area contributed by atoms with Gasteiger partial charge in [0.15, 0.2) is 5.78 Å². The monoisotopic (exact) mass is 273 g/mol. The Kier molecular flexibility index (Phi) is 2.27. The lowest BCUT2D eigenvalue weighted by molar-refractivity contribution is 0.103. The van der Waals surface area contributed by atoms with E-state index in [1.165, 1.54) is 0 Å². The van der Waals surface area contributed by atoms with Gasteiger partial charge in [-0.25, -0.2) is 0 Å². The van der Waals surface area contributed by atoms with Crippen molar-refractivity contribution in [1.29, 1.82) is 5.41 Å². The van der Waals surface area contributed by atoms with Crippen LogP contribution in [0.25, 0.3) is 10.8 Å². The van der Waals surface area contributed by atoms with Crippen LogP contribution >= 0.6 is 0 Å². The molecule has 0 radical (unpaired) electrons. The average molecular weight is 273 g/mol. The van der Waals surface area contributed by atoms with Crippen molar-refractivity contribution in [2.24, 2.45) is 0 Å². The normalized spacial score (nSPS) is 13.1. The predicted octanol–water partition coefficient (Wildman–Crippen LogP) is 3.51. The first kappa shape index (κ1) is 11.9. The van der Waals surface area contributed by atoms with Gasteiger partial charge in [0.05, 0.1) is 11.3 Å². The van der Waals surface area contributed by atoms with Crippen LogP contribution in [0.1, 0.15) is 27.0 Å². The molecular formula is C18H11NO2. The van der Waals surface area contributed by atoms with Crippen LogP contribution in [-0.2, 0) is 0 Å². The first-order valence-electron chi connectivity index (χ1n) is 6.66. The third kappa shape index (κ3) is 1.48. The van der Waals surface area contributed by atoms with Gasteiger partial charge < -0.3 is 5.11 Å². The molecule has 3 aromatic rings. The number of phenols is 1. The minimum absolute atomic E-state index is 0.0101. The molecule has 0 bridgehead atoms. The van der Waals surface area contributed by atoms with Crippen molar-refractivity contribution in [1.82, 2.24) is 0 Å². The summed E-state index contributed by atoms with van der Waals surface area (Å²) in [5.74, 6) is -0.131. The fourth-order valence-corrected chi connectivity index (χ4v) is 2.94. The van der Waals surface area contributed by atoms with E-state index in [1.807, 2.05) is 18.2 Å². The van der Waals surface area contributed by atoms with Gasteiger partial charge >= 0.3 is 0 Å². The summed E-state index contributed by atoms with van der Waals surface area (Å²) >= 11 is 0. The number of carbonyl (C=O) groups excluding carboxylic acids is 1. The molecule has 3 nitrogen and oxygen atoms in total. The molecule has 1 aliphatic rings. The molecule has 21 heavy (non-hydrogen) atoms. The summed E-state index contributed by atoms with van der Waals surface area (Å²) in [5, 5.41) is 20.3. The number of nitrogens with one attached hydrogen (secondary N) is 1. The van der Waals surface area contributed by atoms with Crippen LogP contribution in [0.4, 0.5) is 0 Å². The zero-order valence-electron chi connectivity index (χ0n) is 11.1. The van der Waals surface area contributed by atoms with Gasteiger partial charge in [-0.1, -0.05) is 48.5 Å². The highest BCUT2D eigenvalue weighted by molar-refractivity contribution is 6.31. The smallest absolute Gasteiger partial charge is 0.194 e. The molecule has 0 atom stereocenters. The van der Waals surface area contributed by atoms with Crippen molar-refractivity contribution in [3.63, 3.8) is 0 Å². The van der Waals surface area contributed by atoms with Crippen LogP contribution in [0.2, 0.25) is 0 Å². The molecule has 0 unspecified atom stereocenters. The van der Waals surface area contributed by atoms with Crippen LogP contribution in [0.5, 0.6) is 5.75 Å². The van der Waals surface area contributed by atoms with E-state index < -0.39 is 0 Å². The Morgan fingerprint density at radius 2 is 1.52 bits per heavy atom. The van der Waals surface area contributed by atoms with Crippen molar-refractivity contribution in [2.75, 3.05) is 0 Å². The molecule has 2 N–H and O–H groups in total. The van der Waals surface area contributed by atoms with Gasteiger partial charge in [-0.15, -0.1) is 0 Å². The Labute approximate surface area is 121 Å². The van der Waals surface area contributed by atoms with Crippen LogP contribution in [-0.4, -0.2) is 16.6 Å². The standard InChI is InChI=1S/C18H11NO2/c19-16-12-7-3-4-8-13(12)17(20)14-9-10-5-1-2-6-11(10)18(21)15(14)16/h1-9,19,21H. The molecule has 0 spiro atoms. The second-order valence-electron chi connectivity index (χ2n) is 5.12. The minimum atomic E-state index is -0.141. The number of rotatable bonds is 0. The maximum absolute atomic E-state index is 12.6. The van der Waals surface area contributed by atoms with Gasteiger partial charge in [0, 0.05) is 22.1 Å². The Morgan fingerprint density at radius 1 is 0.857 bits per heavy atom. The Morgan fingerprint density at radius 3 is 2.33 bits per heavy atom. The van der Waals surface area contributed by atoms with E-state index in [9.17, 15) is 9.90 Å². The lowest BCUT2D eigenvalue weighted by Crippen LogP contribution is -2.21. The average Bonchev–Trinajstić information content (AvgIpc) is 2.52. The topological polar surface area (TPSA) is 61.2 Å². The number of benzene rings is 3. The van der Waals surface area contributed by atoms with Gasteiger partial charge in [0.25, 0.3) is 0 Å². The van der Waals surface area contributed by atoms with E-state index >= 15 is 0 Å². The van der Waals surface area contributed by atoms with E-state index in [-0.39, 0.29) is 17.2 Å². The van der Waals surface area contributed by atoms with Gasteiger partial charge in [-0.05, 0) is 11.5 Å². The maximum Gasteiger partial charge on any atom is 0.194 e. The molecular weight excluding hydrogens is 262 g/mol. The number of aromatic hydroxyl groups is 1. The summed E-state index contributed by atoms with van der Waals surface area (Å²) < 4.78 is 0.